The van der Waals surface area contributed by atoms with Crippen LogP contribution in [-0.2, 0) is 27.4 Å². The van der Waals surface area contributed by atoms with Gasteiger partial charge in [-0.3, -0.25) is 9.69 Å². The van der Waals surface area contributed by atoms with E-state index in [1.54, 1.807) is 27.7 Å². The fourth-order valence-corrected chi connectivity index (χ4v) is 2.77. The summed E-state index contributed by atoms with van der Waals surface area (Å²) in [5.41, 5.74) is 1.66. The third kappa shape index (κ3) is 7.56. The van der Waals surface area contributed by atoms with E-state index < -0.39 is 17.7 Å². The van der Waals surface area contributed by atoms with Gasteiger partial charge in [0.2, 0.25) is 5.91 Å². The molecule has 0 aromatic heterocycles. The highest BCUT2D eigenvalue weighted by atomic mass is 16.6. The van der Waals surface area contributed by atoms with Gasteiger partial charge in [0.05, 0.1) is 13.2 Å². The second-order valence-electron chi connectivity index (χ2n) is 7.74. The summed E-state index contributed by atoms with van der Waals surface area (Å²) >= 11 is 0. The average Bonchev–Trinajstić information content (AvgIpc) is 2.60. The van der Waals surface area contributed by atoms with Crippen molar-refractivity contribution in [1.82, 2.24) is 15.5 Å². The number of rotatable bonds is 6. The van der Waals surface area contributed by atoms with Gasteiger partial charge in [-0.15, -0.1) is 0 Å². The third-order valence-electron chi connectivity index (χ3n) is 4.20. The Balaban J connectivity index is 1.86. The minimum Gasteiger partial charge on any atom is -0.444 e. The molecule has 1 heterocycles. The first-order valence-corrected chi connectivity index (χ1v) is 9.39. The molecule has 0 unspecified atom stereocenters. The Morgan fingerprint density at radius 3 is 2.44 bits per heavy atom. The summed E-state index contributed by atoms with van der Waals surface area (Å²) in [6, 6.07) is 7.40. The fraction of sp³-hybridized carbons (Fsp3) is 0.600. The van der Waals surface area contributed by atoms with E-state index in [0.717, 1.165) is 38.4 Å². The van der Waals surface area contributed by atoms with Gasteiger partial charge in [0.25, 0.3) is 0 Å². The number of hydrogen-bond acceptors (Lipinski definition) is 5. The third-order valence-corrected chi connectivity index (χ3v) is 4.20. The summed E-state index contributed by atoms with van der Waals surface area (Å²) in [5.74, 6) is -0.248. The molecule has 1 saturated heterocycles. The molecular formula is C20H31N3O4. The van der Waals surface area contributed by atoms with Gasteiger partial charge in [-0.1, -0.05) is 24.3 Å². The standard InChI is InChI=1S/C20H31N3O4/c1-15(22-19(25)27-20(2,3)4)18(24)21-13-16-7-5-6-8-17(16)14-23-9-11-26-12-10-23/h5-8,15H,9-14H2,1-4H3,(H,21,24)(H,22,25)/t15-/m1/s1. The summed E-state index contributed by atoms with van der Waals surface area (Å²) in [6.45, 7) is 11.6. The van der Waals surface area contributed by atoms with Crippen LogP contribution in [0.3, 0.4) is 0 Å². The van der Waals surface area contributed by atoms with Gasteiger partial charge in [0, 0.05) is 26.2 Å². The van der Waals surface area contributed by atoms with Crippen LogP contribution in [0.25, 0.3) is 0 Å². The predicted molar refractivity (Wildman–Crippen MR) is 103 cm³/mol. The second kappa shape index (κ2) is 9.71. The fourth-order valence-electron chi connectivity index (χ4n) is 2.77. The van der Waals surface area contributed by atoms with Crippen LogP contribution in [0, 0.1) is 0 Å². The molecule has 27 heavy (non-hydrogen) atoms. The van der Waals surface area contributed by atoms with E-state index in [2.05, 4.69) is 21.6 Å². The Morgan fingerprint density at radius 2 is 1.81 bits per heavy atom. The number of amides is 2. The predicted octanol–water partition coefficient (Wildman–Crippen LogP) is 2.05. The van der Waals surface area contributed by atoms with E-state index in [9.17, 15) is 9.59 Å². The summed E-state index contributed by atoms with van der Waals surface area (Å²) in [5, 5.41) is 5.45. The number of morpholine rings is 1. The molecule has 0 radical (unpaired) electrons. The molecule has 0 aliphatic carbocycles. The normalized spacial score (nSPS) is 16.4. The number of nitrogens with zero attached hydrogens (tertiary/aromatic N) is 1. The van der Waals surface area contributed by atoms with Gasteiger partial charge in [-0.2, -0.15) is 0 Å². The van der Waals surface area contributed by atoms with Crippen molar-refractivity contribution in [2.24, 2.45) is 0 Å². The molecule has 2 amide bonds. The van der Waals surface area contributed by atoms with Crippen molar-refractivity contribution in [3.8, 4) is 0 Å². The lowest BCUT2D eigenvalue weighted by Gasteiger charge is -2.27. The van der Waals surface area contributed by atoms with Crippen LogP contribution in [0.15, 0.2) is 24.3 Å². The molecule has 7 heteroatoms. The van der Waals surface area contributed by atoms with Crippen molar-refractivity contribution < 1.29 is 19.1 Å². The molecule has 1 aromatic carbocycles. The maximum absolute atomic E-state index is 12.3. The zero-order chi connectivity index (χ0) is 19.9. The van der Waals surface area contributed by atoms with Crippen molar-refractivity contribution in [3.05, 3.63) is 35.4 Å². The van der Waals surface area contributed by atoms with E-state index in [0.29, 0.717) is 6.54 Å². The number of hydrogen-bond donors (Lipinski definition) is 2. The molecular weight excluding hydrogens is 346 g/mol. The van der Waals surface area contributed by atoms with E-state index in [4.69, 9.17) is 9.47 Å². The molecule has 0 bridgehead atoms. The van der Waals surface area contributed by atoms with Crippen molar-refractivity contribution in [2.75, 3.05) is 26.3 Å². The molecule has 1 aliphatic heterocycles. The Kier molecular flexibility index (Phi) is 7.62. The molecule has 1 atom stereocenters. The highest BCUT2D eigenvalue weighted by molar-refractivity contribution is 5.85. The summed E-state index contributed by atoms with van der Waals surface area (Å²) in [7, 11) is 0. The molecule has 1 aromatic rings. The van der Waals surface area contributed by atoms with E-state index in [-0.39, 0.29) is 5.91 Å². The molecule has 1 aliphatic rings. The number of carbonyl (C=O) groups is 2. The minimum absolute atomic E-state index is 0.248. The van der Waals surface area contributed by atoms with Gasteiger partial charge in [-0.25, -0.2) is 4.79 Å². The van der Waals surface area contributed by atoms with Crippen LogP contribution >= 0.6 is 0 Å². The average molecular weight is 377 g/mol. The maximum Gasteiger partial charge on any atom is 0.408 e. The Labute approximate surface area is 161 Å². The number of alkyl carbamates (subject to hydrolysis) is 1. The summed E-state index contributed by atoms with van der Waals surface area (Å²) < 4.78 is 10.6. The summed E-state index contributed by atoms with van der Waals surface area (Å²) in [6.07, 6.45) is -0.599. The lowest BCUT2D eigenvalue weighted by Crippen LogP contribution is -2.46. The van der Waals surface area contributed by atoms with Crippen molar-refractivity contribution >= 4 is 12.0 Å². The number of carbonyl (C=O) groups excluding carboxylic acids is 2. The van der Waals surface area contributed by atoms with Crippen molar-refractivity contribution in [3.63, 3.8) is 0 Å². The number of benzene rings is 1. The molecule has 0 spiro atoms. The number of ether oxygens (including phenoxy) is 2. The van der Waals surface area contributed by atoms with Crippen LogP contribution in [-0.4, -0.2) is 54.8 Å². The lowest BCUT2D eigenvalue weighted by molar-refractivity contribution is -0.122. The zero-order valence-electron chi connectivity index (χ0n) is 16.7. The Bertz CT molecular complexity index is 636. The van der Waals surface area contributed by atoms with Gasteiger partial charge in [0.15, 0.2) is 0 Å². The van der Waals surface area contributed by atoms with Crippen LogP contribution in [0.5, 0.6) is 0 Å². The van der Waals surface area contributed by atoms with E-state index >= 15 is 0 Å². The quantitative estimate of drug-likeness (QED) is 0.793. The highest BCUT2D eigenvalue weighted by Crippen LogP contribution is 2.13. The topological polar surface area (TPSA) is 79.9 Å². The number of nitrogens with one attached hydrogen (secondary N) is 2. The first kappa shape index (κ1) is 21.2. The molecule has 2 rings (SSSR count). The minimum atomic E-state index is -0.675. The van der Waals surface area contributed by atoms with Gasteiger partial charge >= 0.3 is 6.09 Å². The van der Waals surface area contributed by atoms with Crippen molar-refractivity contribution in [2.45, 2.75) is 52.4 Å². The lowest BCUT2D eigenvalue weighted by atomic mass is 10.1. The monoisotopic (exact) mass is 377 g/mol. The van der Waals surface area contributed by atoms with Gasteiger partial charge in [0.1, 0.15) is 11.6 Å². The smallest absolute Gasteiger partial charge is 0.408 e. The SMILES string of the molecule is C[C@@H](NC(=O)OC(C)(C)C)C(=O)NCc1ccccc1CN1CCOCC1. The maximum atomic E-state index is 12.3. The molecule has 1 fully saturated rings. The summed E-state index contributed by atoms with van der Waals surface area (Å²) in [4.78, 5) is 26.4. The molecule has 7 nitrogen and oxygen atoms in total. The molecule has 2 N–H and O–H groups in total. The first-order valence-electron chi connectivity index (χ1n) is 9.39. The van der Waals surface area contributed by atoms with Crippen LogP contribution < -0.4 is 10.6 Å². The van der Waals surface area contributed by atoms with E-state index in [1.807, 2.05) is 18.2 Å². The highest BCUT2D eigenvalue weighted by Gasteiger charge is 2.21. The van der Waals surface area contributed by atoms with Gasteiger partial charge < -0.3 is 20.1 Å². The van der Waals surface area contributed by atoms with Gasteiger partial charge in [-0.05, 0) is 38.8 Å². The van der Waals surface area contributed by atoms with Crippen LogP contribution in [0.4, 0.5) is 4.79 Å². The molecule has 0 saturated carbocycles. The zero-order valence-corrected chi connectivity index (χ0v) is 16.7. The van der Waals surface area contributed by atoms with E-state index in [1.165, 1.54) is 5.56 Å². The second-order valence-corrected chi connectivity index (χ2v) is 7.74. The first-order chi connectivity index (χ1) is 12.7. The Hall–Kier alpha value is -2.12. The van der Waals surface area contributed by atoms with Crippen molar-refractivity contribution in [1.29, 1.82) is 0 Å². The van der Waals surface area contributed by atoms with Crippen LogP contribution in [0.1, 0.15) is 38.8 Å². The van der Waals surface area contributed by atoms with Crippen LogP contribution in [0.2, 0.25) is 0 Å². The largest absolute Gasteiger partial charge is 0.444 e. The Morgan fingerprint density at radius 1 is 1.19 bits per heavy atom. The molecule has 150 valence electrons.